The molecule has 1 amide bonds. The molecule has 0 bridgehead atoms. The highest BCUT2D eigenvalue weighted by molar-refractivity contribution is 6.18. The first kappa shape index (κ1) is 23.6. The standard InChI is InChI=1S/C35H24N2O4/c38-31(23-17-19-41-20-23)29-30(32(39)26-13-7-10-21-8-1-3-11-24(21)26)37-18-16-22-9-2-4-12-25(22)33(37)35(29)27-14-5-6-15-28(27)36-34(35)40/h1-20,29-30,33H,(H,36,40)/t29-,30-,33+,35+/m0/s1. The molecule has 1 fully saturated rings. The molecule has 4 heterocycles. The van der Waals surface area contributed by atoms with E-state index in [1.54, 1.807) is 6.07 Å². The number of anilines is 1. The van der Waals surface area contributed by atoms with Gasteiger partial charge in [-0.3, -0.25) is 14.4 Å². The van der Waals surface area contributed by atoms with Crippen molar-refractivity contribution in [3.63, 3.8) is 0 Å². The zero-order valence-corrected chi connectivity index (χ0v) is 21.9. The first-order chi connectivity index (χ1) is 20.1. The summed E-state index contributed by atoms with van der Waals surface area (Å²) < 4.78 is 5.32. The Balaban J connectivity index is 1.44. The number of nitrogens with zero attached hydrogens (tertiary/aromatic N) is 1. The van der Waals surface area contributed by atoms with Crippen molar-refractivity contribution in [3.05, 3.63) is 144 Å². The van der Waals surface area contributed by atoms with E-state index in [0.29, 0.717) is 16.8 Å². The van der Waals surface area contributed by atoms with Crippen LogP contribution in [-0.2, 0) is 10.2 Å². The molecule has 1 saturated heterocycles. The van der Waals surface area contributed by atoms with Crippen molar-refractivity contribution in [2.45, 2.75) is 17.5 Å². The number of hydrogen-bond donors (Lipinski definition) is 1. The molecule has 6 nitrogen and oxygen atoms in total. The number of carbonyl (C=O) groups is 3. The predicted molar refractivity (Wildman–Crippen MR) is 155 cm³/mol. The minimum absolute atomic E-state index is 0.202. The third-order valence-electron chi connectivity index (χ3n) is 8.98. The highest BCUT2D eigenvalue weighted by Crippen LogP contribution is 2.62. The number of amides is 1. The Morgan fingerprint density at radius 3 is 2.49 bits per heavy atom. The maximum absolute atomic E-state index is 14.9. The van der Waals surface area contributed by atoms with Gasteiger partial charge in [0.1, 0.15) is 17.7 Å². The van der Waals surface area contributed by atoms with E-state index >= 15 is 0 Å². The summed E-state index contributed by atoms with van der Waals surface area (Å²) in [6.07, 6.45) is 6.70. The van der Waals surface area contributed by atoms with Crippen LogP contribution in [0.25, 0.3) is 16.8 Å². The van der Waals surface area contributed by atoms with Gasteiger partial charge in [-0.1, -0.05) is 84.9 Å². The average molecular weight is 537 g/mol. The van der Waals surface area contributed by atoms with Crippen LogP contribution in [0.2, 0.25) is 0 Å². The van der Waals surface area contributed by atoms with Crippen LogP contribution in [0, 0.1) is 5.92 Å². The van der Waals surface area contributed by atoms with Gasteiger partial charge in [0, 0.05) is 17.5 Å². The van der Waals surface area contributed by atoms with Crippen LogP contribution in [0.4, 0.5) is 5.69 Å². The number of rotatable bonds is 4. The highest BCUT2D eigenvalue weighted by atomic mass is 16.3. The van der Waals surface area contributed by atoms with Gasteiger partial charge in [-0.05, 0) is 45.7 Å². The van der Waals surface area contributed by atoms with Gasteiger partial charge in [0.15, 0.2) is 11.6 Å². The number of furan rings is 1. The van der Waals surface area contributed by atoms with Crippen molar-refractivity contribution in [2.75, 3.05) is 5.32 Å². The van der Waals surface area contributed by atoms with Crippen LogP contribution in [0.1, 0.15) is 43.4 Å². The summed E-state index contributed by atoms with van der Waals surface area (Å²) in [4.78, 5) is 46.0. The van der Waals surface area contributed by atoms with Crippen LogP contribution < -0.4 is 5.32 Å². The van der Waals surface area contributed by atoms with E-state index in [0.717, 1.165) is 27.5 Å². The first-order valence-electron chi connectivity index (χ1n) is 13.6. The fraction of sp³-hybridized carbons (Fsp3) is 0.114. The smallest absolute Gasteiger partial charge is 0.238 e. The minimum atomic E-state index is -1.36. The SMILES string of the molecule is O=C(c1cccc2ccccc12)[C@@H]1[C@@H](C(=O)c2ccoc2)[C@@]2(C(=O)Nc3ccccc32)[C@H]2c3ccccc3C=CN12. The van der Waals surface area contributed by atoms with Crippen molar-refractivity contribution in [3.8, 4) is 0 Å². The second kappa shape index (κ2) is 8.63. The number of carbonyl (C=O) groups excluding carboxylic acids is 3. The highest BCUT2D eigenvalue weighted by Gasteiger charge is 2.70. The van der Waals surface area contributed by atoms with Crippen LogP contribution in [0.3, 0.4) is 0 Å². The first-order valence-corrected chi connectivity index (χ1v) is 13.6. The van der Waals surface area contributed by atoms with E-state index in [1.807, 2.05) is 108 Å². The largest absolute Gasteiger partial charge is 0.472 e. The van der Waals surface area contributed by atoms with Crippen LogP contribution in [-0.4, -0.2) is 28.4 Å². The third-order valence-corrected chi connectivity index (χ3v) is 8.98. The van der Waals surface area contributed by atoms with E-state index in [2.05, 4.69) is 5.32 Å². The van der Waals surface area contributed by atoms with Crippen LogP contribution in [0.15, 0.2) is 120 Å². The van der Waals surface area contributed by atoms with Crippen LogP contribution in [0.5, 0.6) is 0 Å². The Hall–Kier alpha value is -5.23. The van der Waals surface area contributed by atoms with Crippen LogP contribution >= 0.6 is 0 Å². The summed E-state index contributed by atoms with van der Waals surface area (Å²) in [6, 6.07) is 28.9. The lowest BCUT2D eigenvalue weighted by molar-refractivity contribution is -0.122. The lowest BCUT2D eigenvalue weighted by Gasteiger charge is -2.38. The maximum Gasteiger partial charge on any atom is 0.238 e. The molecular weight excluding hydrogens is 512 g/mol. The molecule has 0 radical (unpaired) electrons. The van der Waals surface area contributed by atoms with Crippen molar-refractivity contribution in [1.29, 1.82) is 0 Å². The van der Waals surface area contributed by atoms with Crippen molar-refractivity contribution < 1.29 is 18.8 Å². The summed E-state index contributed by atoms with van der Waals surface area (Å²) >= 11 is 0. The molecule has 4 atom stereocenters. The van der Waals surface area contributed by atoms with Gasteiger partial charge in [-0.15, -0.1) is 0 Å². The van der Waals surface area contributed by atoms with E-state index in [4.69, 9.17) is 4.42 Å². The number of fused-ring (bicyclic) bond motifs is 7. The fourth-order valence-electron chi connectivity index (χ4n) is 7.35. The zero-order chi connectivity index (χ0) is 27.7. The molecule has 4 aromatic carbocycles. The molecule has 0 aliphatic carbocycles. The Kier molecular flexibility index (Phi) is 4.98. The molecule has 41 heavy (non-hydrogen) atoms. The molecule has 1 spiro atoms. The Morgan fingerprint density at radius 2 is 1.61 bits per heavy atom. The van der Waals surface area contributed by atoms with Gasteiger partial charge in [0.2, 0.25) is 5.91 Å². The van der Waals surface area contributed by atoms with E-state index in [9.17, 15) is 14.4 Å². The molecule has 198 valence electrons. The summed E-state index contributed by atoms with van der Waals surface area (Å²) in [7, 11) is 0. The lowest BCUT2D eigenvalue weighted by atomic mass is 9.62. The molecule has 8 rings (SSSR count). The van der Waals surface area contributed by atoms with Crippen molar-refractivity contribution in [1.82, 2.24) is 4.90 Å². The predicted octanol–water partition coefficient (Wildman–Crippen LogP) is 6.41. The van der Waals surface area contributed by atoms with Gasteiger partial charge in [0.25, 0.3) is 0 Å². The van der Waals surface area contributed by atoms with E-state index in [-0.39, 0.29) is 17.5 Å². The second-order valence-corrected chi connectivity index (χ2v) is 10.9. The van der Waals surface area contributed by atoms with Crippen molar-refractivity contribution >= 4 is 40.0 Å². The average Bonchev–Trinajstić information content (AvgIpc) is 3.73. The Labute approximate surface area is 235 Å². The van der Waals surface area contributed by atoms with E-state index in [1.165, 1.54) is 12.5 Å². The maximum atomic E-state index is 14.9. The Morgan fingerprint density at radius 1 is 0.829 bits per heavy atom. The summed E-state index contributed by atoms with van der Waals surface area (Å²) in [5.74, 6) is -1.82. The molecule has 6 heteroatoms. The van der Waals surface area contributed by atoms with E-state index < -0.39 is 23.4 Å². The number of hydrogen-bond acceptors (Lipinski definition) is 5. The molecule has 5 aromatic rings. The van der Waals surface area contributed by atoms with Gasteiger partial charge in [-0.25, -0.2) is 0 Å². The summed E-state index contributed by atoms with van der Waals surface area (Å²) in [5, 5.41) is 4.82. The molecule has 0 saturated carbocycles. The molecule has 3 aliphatic rings. The van der Waals surface area contributed by atoms with Gasteiger partial charge in [0.05, 0.1) is 23.8 Å². The lowest BCUT2D eigenvalue weighted by Crippen LogP contribution is -2.49. The zero-order valence-electron chi connectivity index (χ0n) is 21.9. The minimum Gasteiger partial charge on any atom is -0.472 e. The quantitative estimate of drug-likeness (QED) is 0.268. The number of benzene rings is 4. The monoisotopic (exact) mass is 536 g/mol. The number of nitrogens with one attached hydrogen (secondary N) is 1. The topological polar surface area (TPSA) is 79.6 Å². The fourth-order valence-corrected chi connectivity index (χ4v) is 7.35. The van der Waals surface area contributed by atoms with Gasteiger partial charge >= 0.3 is 0 Å². The van der Waals surface area contributed by atoms with Gasteiger partial charge < -0.3 is 14.6 Å². The molecular formula is C35H24N2O4. The normalized spacial score (nSPS) is 23.8. The molecule has 0 unspecified atom stereocenters. The second-order valence-electron chi connectivity index (χ2n) is 10.9. The molecule has 1 aromatic heterocycles. The molecule has 1 N–H and O–H groups in total. The number of Topliss-reactive ketones (excluding diaryl/α,β-unsaturated/α-hetero) is 2. The summed E-state index contributed by atoms with van der Waals surface area (Å²) in [5.41, 5.74) is 2.73. The molecule has 3 aliphatic heterocycles. The summed E-state index contributed by atoms with van der Waals surface area (Å²) in [6.45, 7) is 0. The number of ketones is 2. The third kappa shape index (κ3) is 3.10. The van der Waals surface area contributed by atoms with Crippen molar-refractivity contribution in [2.24, 2.45) is 5.92 Å². The number of para-hydroxylation sites is 1. The van der Waals surface area contributed by atoms with Gasteiger partial charge in [-0.2, -0.15) is 0 Å². The Bertz CT molecular complexity index is 1920.